The molecule has 1 fully saturated rings. The van der Waals surface area contributed by atoms with Gasteiger partial charge >= 0.3 is 0 Å². The Morgan fingerprint density at radius 1 is 1.00 bits per heavy atom. The van der Waals surface area contributed by atoms with Gasteiger partial charge in [0.05, 0.1) is 13.7 Å². The molecule has 3 aromatic rings. The van der Waals surface area contributed by atoms with E-state index in [9.17, 15) is 0 Å². The van der Waals surface area contributed by atoms with Gasteiger partial charge in [0.2, 0.25) is 5.82 Å². The zero-order valence-corrected chi connectivity index (χ0v) is 17.3. The highest BCUT2D eigenvalue weighted by Gasteiger charge is 2.14. The van der Waals surface area contributed by atoms with Crippen LogP contribution in [0.25, 0.3) is 11.4 Å². The van der Waals surface area contributed by atoms with Gasteiger partial charge in [-0.05, 0) is 49.7 Å². The third kappa shape index (κ3) is 5.37. The van der Waals surface area contributed by atoms with Crippen LogP contribution in [0, 0.1) is 0 Å². The van der Waals surface area contributed by atoms with E-state index >= 15 is 0 Å². The molecule has 2 heterocycles. The molecular weight excluding hydrogens is 382 g/mol. The lowest BCUT2D eigenvalue weighted by Gasteiger charge is -2.16. The molecule has 0 radical (unpaired) electrons. The van der Waals surface area contributed by atoms with E-state index < -0.39 is 0 Å². The van der Waals surface area contributed by atoms with E-state index in [2.05, 4.69) is 15.0 Å². The van der Waals surface area contributed by atoms with E-state index in [4.69, 9.17) is 18.7 Å². The van der Waals surface area contributed by atoms with Crippen LogP contribution in [0.1, 0.15) is 24.3 Å². The highest BCUT2D eigenvalue weighted by molar-refractivity contribution is 5.60. The van der Waals surface area contributed by atoms with Crippen molar-refractivity contribution in [3.05, 3.63) is 60.0 Å². The van der Waals surface area contributed by atoms with Crippen molar-refractivity contribution < 1.29 is 18.7 Å². The van der Waals surface area contributed by atoms with E-state index in [1.807, 2.05) is 48.5 Å². The lowest BCUT2D eigenvalue weighted by atomic mass is 10.2. The van der Waals surface area contributed by atoms with Crippen LogP contribution in [0.4, 0.5) is 0 Å². The van der Waals surface area contributed by atoms with Gasteiger partial charge in [-0.1, -0.05) is 35.5 Å². The summed E-state index contributed by atoms with van der Waals surface area (Å²) in [5, 5.41) is 4.06. The fraction of sp³-hybridized carbons (Fsp3) is 0.391. The third-order valence-electron chi connectivity index (χ3n) is 5.09. The second kappa shape index (κ2) is 10.2. The predicted molar refractivity (Wildman–Crippen MR) is 112 cm³/mol. The number of nitrogens with zero attached hydrogens (tertiary/aromatic N) is 3. The van der Waals surface area contributed by atoms with E-state index in [1.54, 1.807) is 7.11 Å². The Labute approximate surface area is 176 Å². The second-order valence-electron chi connectivity index (χ2n) is 7.25. The first-order valence-corrected chi connectivity index (χ1v) is 10.3. The number of likely N-dealkylation sites (tertiary alicyclic amines) is 1. The van der Waals surface area contributed by atoms with Crippen LogP contribution in [0.15, 0.2) is 53.1 Å². The molecule has 158 valence electrons. The van der Waals surface area contributed by atoms with Crippen LogP contribution in [-0.4, -0.2) is 48.4 Å². The maximum atomic E-state index is 5.93. The Kier molecular flexibility index (Phi) is 6.95. The molecular formula is C23H27N3O4. The van der Waals surface area contributed by atoms with Gasteiger partial charge in [-0.2, -0.15) is 4.98 Å². The molecule has 7 heteroatoms. The van der Waals surface area contributed by atoms with Crippen molar-refractivity contribution in [3.63, 3.8) is 0 Å². The minimum Gasteiger partial charge on any atom is -0.493 e. The monoisotopic (exact) mass is 409 g/mol. The summed E-state index contributed by atoms with van der Waals surface area (Å²) < 4.78 is 22.4. The highest BCUT2D eigenvalue weighted by atomic mass is 16.5. The van der Waals surface area contributed by atoms with Crippen molar-refractivity contribution in [2.24, 2.45) is 0 Å². The van der Waals surface area contributed by atoms with Crippen LogP contribution < -0.4 is 9.47 Å². The SMILES string of the molecule is COc1cc(-c2noc(COCc3ccccc3)n2)ccc1OCCN1CCCC1. The predicted octanol–water partition coefficient (Wildman–Crippen LogP) is 3.94. The zero-order valence-electron chi connectivity index (χ0n) is 17.3. The summed E-state index contributed by atoms with van der Waals surface area (Å²) in [5.41, 5.74) is 1.90. The van der Waals surface area contributed by atoms with Crippen LogP contribution >= 0.6 is 0 Å². The molecule has 30 heavy (non-hydrogen) atoms. The Morgan fingerprint density at radius 3 is 2.63 bits per heavy atom. The van der Waals surface area contributed by atoms with Gasteiger partial charge in [-0.25, -0.2) is 0 Å². The van der Waals surface area contributed by atoms with Crippen molar-refractivity contribution in [2.45, 2.75) is 26.1 Å². The molecule has 0 N–H and O–H groups in total. The summed E-state index contributed by atoms with van der Waals surface area (Å²) in [6, 6.07) is 15.6. The summed E-state index contributed by atoms with van der Waals surface area (Å²) in [5.74, 6) is 2.30. The quantitative estimate of drug-likeness (QED) is 0.502. The average molecular weight is 409 g/mol. The third-order valence-corrected chi connectivity index (χ3v) is 5.09. The summed E-state index contributed by atoms with van der Waals surface area (Å²) in [6.45, 7) is 4.65. The minimum atomic E-state index is 0.261. The van der Waals surface area contributed by atoms with Crippen molar-refractivity contribution in [1.29, 1.82) is 0 Å². The van der Waals surface area contributed by atoms with Crippen molar-refractivity contribution in [1.82, 2.24) is 15.0 Å². The highest BCUT2D eigenvalue weighted by Crippen LogP contribution is 2.31. The molecule has 7 nitrogen and oxygen atoms in total. The molecule has 0 saturated carbocycles. The van der Waals surface area contributed by atoms with E-state index in [1.165, 1.54) is 12.8 Å². The van der Waals surface area contributed by atoms with Gasteiger partial charge < -0.3 is 18.7 Å². The van der Waals surface area contributed by atoms with Crippen LogP contribution in [-0.2, 0) is 18.0 Å². The number of ether oxygens (including phenoxy) is 3. The first-order chi connectivity index (χ1) is 14.8. The van der Waals surface area contributed by atoms with E-state index in [0.717, 1.165) is 36.5 Å². The minimum absolute atomic E-state index is 0.261. The van der Waals surface area contributed by atoms with E-state index in [0.29, 0.717) is 30.7 Å². The van der Waals surface area contributed by atoms with Crippen molar-refractivity contribution in [3.8, 4) is 22.9 Å². The molecule has 2 aromatic carbocycles. The normalized spacial score (nSPS) is 14.2. The maximum absolute atomic E-state index is 5.93. The summed E-state index contributed by atoms with van der Waals surface area (Å²) in [6.07, 6.45) is 2.56. The number of hydrogen-bond donors (Lipinski definition) is 0. The second-order valence-corrected chi connectivity index (χ2v) is 7.25. The number of rotatable bonds is 10. The topological polar surface area (TPSA) is 69.9 Å². The Bertz CT molecular complexity index is 923. The number of hydrogen-bond acceptors (Lipinski definition) is 7. The fourth-order valence-corrected chi connectivity index (χ4v) is 3.48. The van der Waals surface area contributed by atoms with Crippen LogP contribution in [0.2, 0.25) is 0 Å². The zero-order chi connectivity index (χ0) is 20.6. The molecule has 0 aliphatic carbocycles. The van der Waals surface area contributed by atoms with Crippen LogP contribution in [0.3, 0.4) is 0 Å². The molecule has 1 aliphatic rings. The molecule has 0 spiro atoms. The maximum Gasteiger partial charge on any atom is 0.252 e. The fourth-order valence-electron chi connectivity index (χ4n) is 3.48. The molecule has 4 rings (SSSR count). The van der Waals surface area contributed by atoms with Crippen molar-refractivity contribution in [2.75, 3.05) is 33.4 Å². The number of benzene rings is 2. The molecule has 0 atom stereocenters. The largest absolute Gasteiger partial charge is 0.493 e. The van der Waals surface area contributed by atoms with Crippen LogP contribution in [0.5, 0.6) is 11.5 Å². The van der Waals surface area contributed by atoms with Gasteiger partial charge in [0.25, 0.3) is 5.89 Å². The number of aromatic nitrogens is 2. The lowest BCUT2D eigenvalue weighted by molar-refractivity contribution is 0.0850. The van der Waals surface area contributed by atoms with Gasteiger partial charge in [-0.15, -0.1) is 0 Å². The van der Waals surface area contributed by atoms with E-state index in [-0.39, 0.29) is 6.61 Å². The van der Waals surface area contributed by atoms with Gasteiger partial charge in [-0.3, -0.25) is 4.90 Å². The Morgan fingerprint density at radius 2 is 1.83 bits per heavy atom. The van der Waals surface area contributed by atoms with Gasteiger partial charge in [0.15, 0.2) is 11.5 Å². The number of methoxy groups -OCH3 is 1. The molecule has 0 bridgehead atoms. The smallest absolute Gasteiger partial charge is 0.252 e. The van der Waals surface area contributed by atoms with Gasteiger partial charge in [0, 0.05) is 12.1 Å². The molecule has 1 aromatic heterocycles. The summed E-state index contributed by atoms with van der Waals surface area (Å²) in [7, 11) is 1.63. The lowest BCUT2D eigenvalue weighted by Crippen LogP contribution is -2.25. The van der Waals surface area contributed by atoms with Crippen molar-refractivity contribution >= 4 is 0 Å². The molecule has 1 saturated heterocycles. The summed E-state index contributed by atoms with van der Waals surface area (Å²) >= 11 is 0. The Hall–Kier alpha value is -2.90. The molecule has 0 amide bonds. The first kappa shape index (κ1) is 20.4. The first-order valence-electron chi connectivity index (χ1n) is 10.3. The standard InChI is InChI=1S/C23H27N3O4/c1-27-21-15-19(9-10-20(21)29-14-13-26-11-5-6-12-26)23-24-22(30-25-23)17-28-16-18-7-3-2-4-8-18/h2-4,7-10,15H,5-6,11-14,16-17H2,1H3. The summed E-state index contributed by atoms with van der Waals surface area (Å²) in [4.78, 5) is 6.84. The Balaban J connectivity index is 1.33. The molecule has 1 aliphatic heterocycles. The average Bonchev–Trinajstić information content (AvgIpc) is 3.47. The van der Waals surface area contributed by atoms with Gasteiger partial charge in [0.1, 0.15) is 13.2 Å². The molecule has 0 unspecified atom stereocenters.